The van der Waals surface area contributed by atoms with E-state index in [1.54, 1.807) is 30.0 Å². The van der Waals surface area contributed by atoms with Crippen molar-refractivity contribution in [3.05, 3.63) is 48.0 Å². The minimum Gasteiger partial charge on any atom is -0.479 e. The van der Waals surface area contributed by atoms with E-state index in [9.17, 15) is 14.4 Å². The zero-order valence-corrected chi connectivity index (χ0v) is 16.4. The van der Waals surface area contributed by atoms with Crippen LogP contribution in [0, 0.1) is 5.92 Å². The number of ether oxygens (including phenoxy) is 1. The van der Waals surface area contributed by atoms with E-state index in [2.05, 4.69) is 17.6 Å². The largest absolute Gasteiger partial charge is 0.479 e. The molecule has 0 aromatic heterocycles. The van der Waals surface area contributed by atoms with Crippen molar-refractivity contribution in [2.24, 2.45) is 5.92 Å². The molecule has 0 unspecified atom stereocenters. The van der Waals surface area contributed by atoms with Crippen LogP contribution >= 0.6 is 0 Å². The summed E-state index contributed by atoms with van der Waals surface area (Å²) in [5, 5.41) is 5.61. The summed E-state index contributed by atoms with van der Waals surface area (Å²) in [6, 6.07) is 12.9. The Bertz CT molecular complexity index is 971. The monoisotopic (exact) mass is 393 g/mol. The molecule has 29 heavy (non-hydrogen) atoms. The van der Waals surface area contributed by atoms with E-state index in [1.165, 1.54) is 5.56 Å². The lowest BCUT2D eigenvalue weighted by atomic mass is 10.1. The van der Waals surface area contributed by atoms with E-state index < -0.39 is 12.0 Å². The summed E-state index contributed by atoms with van der Waals surface area (Å²) < 4.78 is 5.52. The van der Waals surface area contributed by atoms with Gasteiger partial charge >= 0.3 is 0 Å². The van der Waals surface area contributed by atoms with Gasteiger partial charge in [0.1, 0.15) is 5.75 Å². The summed E-state index contributed by atoms with van der Waals surface area (Å²) >= 11 is 0. The second-order valence-corrected chi connectivity index (χ2v) is 7.37. The molecule has 2 aromatic rings. The van der Waals surface area contributed by atoms with Crippen molar-refractivity contribution in [2.45, 2.75) is 32.8 Å². The molecule has 0 saturated carbocycles. The molecule has 2 aliphatic heterocycles. The summed E-state index contributed by atoms with van der Waals surface area (Å²) in [5.74, 6) is -0.382. The smallest absolute Gasteiger partial charge is 0.265 e. The number of amides is 3. The van der Waals surface area contributed by atoms with Crippen LogP contribution in [0.25, 0.3) is 0 Å². The maximum atomic E-state index is 12.7. The lowest BCUT2D eigenvalue weighted by molar-refractivity contribution is -0.122. The van der Waals surface area contributed by atoms with Crippen molar-refractivity contribution in [1.29, 1.82) is 0 Å². The van der Waals surface area contributed by atoms with Crippen LogP contribution in [-0.2, 0) is 20.8 Å². The second kappa shape index (κ2) is 7.58. The van der Waals surface area contributed by atoms with Crippen LogP contribution in [0.1, 0.15) is 25.8 Å². The highest BCUT2D eigenvalue weighted by Crippen LogP contribution is 2.33. The predicted octanol–water partition coefficient (Wildman–Crippen LogP) is 2.96. The van der Waals surface area contributed by atoms with E-state index in [-0.39, 0.29) is 24.1 Å². The summed E-state index contributed by atoms with van der Waals surface area (Å²) in [6.45, 7) is 4.10. The molecular formula is C22H23N3O4. The van der Waals surface area contributed by atoms with Crippen molar-refractivity contribution in [3.8, 4) is 5.75 Å². The van der Waals surface area contributed by atoms with Crippen LogP contribution in [0.15, 0.2) is 42.5 Å². The maximum Gasteiger partial charge on any atom is 0.265 e. The van der Waals surface area contributed by atoms with Gasteiger partial charge < -0.3 is 20.3 Å². The quantitative estimate of drug-likeness (QED) is 0.836. The van der Waals surface area contributed by atoms with Gasteiger partial charge in [-0.3, -0.25) is 14.4 Å². The zero-order valence-electron chi connectivity index (χ0n) is 16.4. The Morgan fingerprint density at radius 2 is 1.97 bits per heavy atom. The Labute approximate surface area is 169 Å². The van der Waals surface area contributed by atoms with E-state index in [1.807, 2.05) is 24.3 Å². The van der Waals surface area contributed by atoms with Crippen molar-refractivity contribution < 1.29 is 19.1 Å². The van der Waals surface area contributed by atoms with Gasteiger partial charge in [-0.05, 0) is 49.2 Å². The molecule has 150 valence electrons. The molecule has 1 fully saturated rings. The van der Waals surface area contributed by atoms with Crippen molar-refractivity contribution >= 4 is 34.8 Å². The molecule has 1 saturated heterocycles. The van der Waals surface area contributed by atoms with Crippen LogP contribution in [0.5, 0.6) is 5.75 Å². The Morgan fingerprint density at radius 3 is 2.69 bits per heavy atom. The van der Waals surface area contributed by atoms with Crippen LogP contribution in [0.3, 0.4) is 0 Å². The predicted molar refractivity (Wildman–Crippen MR) is 110 cm³/mol. The van der Waals surface area contributed by atoms with Crippen LogP contribution in [0.2, 0.25) is 0 Å². The molecule has 0 bridgehead atoms. The number of carbonyl (C=O) groups is 3. The molecule has 4 rings (SSSR count). The Morgan fingerprint density at radius 1 is 1.21 bits per heavy atom. The minimum absolute atomic E-state index is 0.0607. The van der Waals surface area contributed by atoms with Gasteiger partial charge in [0.25, 0.3) is 5.91 Å². The summed E-state index contributed by atoms with van der Waals surface area (Å²) in [7, 11) is 0. The van der Waals surface area contributed by atoms with Crippen molar-refractivity contribution in [3.63, 3.8) is 0 Å². The summed E-state index contributed by atoms with van der Waals surface area (Å²) in [6.07, 6.45) is 0.554. The summed E-state index contributed by atoms with van der Waals surface area (Å²) in [5.41, 5.74) is 3.08. The number of aryl methyl sites for hydroxylation is 1. The maximum absolute atomic E-state index is 12.7. The Kier molecular flexibility index (Phi) is 4.96. The average molecular weight is 393 g/mol. The van der Waals surface area contributed by atoms with Gasteiger partial charge in [0.05, 0.1) is 11.6 Å². The number of rotatable bonds is 4. The molecule has 2 N–H and O–H groups in total. The molecule has 2 aliphatic rings. The molecule has 0 spiro atoms. The normalized spacial score (nSPS) is 20.7. The molecule has 7 nitrogen and oxygen atoms in total. The highest BCUT2D eigenvalue weighted by atomic mass is 16.5. The zero-order chi connectivity index (χ0) is 20.5. The van der Waals surface area contributed by atoms with Gasteiger partial charge in [-0.15, -0.1) is 0 Å². The third kappa shape index (κ3) is 3.81. The van der Waals surface area contributed by atoms with E-state index >= 15 is 0 Å². The fraction of sp³-hybridized carbons (Fsp3) is 0.318. The first-order valence-electron chi connectivity index (χ1n) is 9.76. The van der Waals surface area contributed by atoms with E-state index in [0.29, 0.717) is 23.7 Å². The fourth-order valence-corrected chi connectivity index (χ4v) is 3.58. The number of fused-ring (bicyclic) bond motifs is 1. The molecule has 2 aromatic carbocycles. The van der Waals surface area contributed by atoms with Gasteiger partial charge in [0.2, 0.25) is 11.8 Å². The van der Waals surface area contributed by atoms with E-state index in [0.717, 1.165) is 12.1 Å². The number of carbonyl (C=O) groups excluding carboxylic acids is 3. The van der Waals surface area contributed by atoms with E-state index in [4.69, 9.17) is 4.74 Å². The number of nitrogens with zero attached hydrogens (tertiary/aromatic N) is 1. The number of hydrogen-bond acceptors (Lipinski definition) is 4. The average Bonchev–Trinajstić information content (AvgIpc) is 3.11. The Balaban J connectivity index is 1.43. The number of hydrogen-bond donors (Lipinski definition) is 2. The first-order chi connectivity index (χ1) is 13.9. The second-order valence-electron chi connectivity index (χ2n) is 7.37. The molecule has 0 aliphatic carbocycles. The number of anilines is 3. The van der Waals surface area contributed by atoms with Gasteiger partial charge in [-0.2, -0.15) is 0 Å². The Hall–Kier alpha value is -3.35. The fourth-order valence-electron chi connectivity index (χ4n) is 3.58. The third-order valence-corrected chi connectivity index (χ3v) is 5.33. The first-order valence-corrected chi connectivity index (χ1v) is 9.76. The number of nitrogens with one attached hydrogen (secondary N) is 2. The third-order valence-electron chi connectivity index (χ3n) is 5.33. The number of benzene rings is 2. The van der Waals surface area contributed by atoms with Gasteiger partial charge in [-0.1, -0.05) is 19.1 Å². The van der Waals surface area contributed by atoms with Crippen molar-refractivity contribution in [2.75, 3.05) is 22.1 Å². The minimum atomic E-state index is -0.551. The lowest BCUT2D eigenvalue weighted by Crippen LogP contribution is -2.34. The molecular weight excluding hydrogens is 370 g/mol. The molecule has 2 heterocycles. The van der Waals surface area contributed by atoms with Gasteiger partial charge in [0.15, 0.2) is 6.10 Å². The van der Waals surface area contributed by atoms with Crippen molar-refractivity contribution in [1.82, 2.24) is 0 Å². The first kappa shape index (κ1) is 19.0. The standard InChI is InChI=1S/C22H23N3O4/c1-3-14-4-7-17(8-5-14)25-12-15(10-20(25)26)22(28)23-16-6-9-19-18(11-16)24-21(27)13(2)29-19/h4-9,11,13,15H,3,10,12H2,1-2H3,(H,23,28)(H,24,27)/t13-,15-/m0/s1. The highest BCUT2D eigenvalue weighted by Gasteiger charge is 2.35. The van der Waals surface area contributed by atoms with Crippen LogP contribution in [0.4, 0.5) is 17.1 Å². The van der Waals surface area contributed by atoms with Gasteiger partial charge in [0, 0.05) is 24.3 Å². The highest BCUT2D eigenvalue weighted by molar-refractivity contribution is 6.04. The van der Waals surface area contributed by atoms with Gasteiger partial charge in [-0.25, -0.2) is 0 Å². The van der Waals surface area contributed by atoms with Crippen LogP contribution < -0.4 is 20.3 Å². The van der Waals surface area contributed by atoms with Crippen LogP contribution in [-0.4, -0.2) is 30.4 Å². The SMILES string of the molecule is CCc1ccc(N2C[C@@H](C(=O)Nc3ccc4c(c3)NC(=O)[C@H](C)O4)CC2=O)cc1. The molecule has 7 heteroatoms. The summed E-state index contributed by atoms with van der Waals surface area (Å²) in [4.78, 5) is 38.6. The molecule has 3 amide bonds. The molecule has 2 atom stereocenters. The lowest BCUT2D eigenvalue weighted by Gasteiger charge is -2.24. The topological polar surface area (TPSA) is 87.7 Å². The molecule has 0 radical (unpaired) electrons.